The van der Waals surface area contributed by atoms with Crippen LogP contribution in [-0.4, -0.2) is 5.97 Å². The number of anilines is 1. The molecule has 0 amide bonds. The summed E-state index contributed by atoms with van der Waals surface area (Å²) in [5.41, 5.74) is 6.76. The number of carbonyl (C=O) groups excluding carboxylic acids is 1. The van der Waals surface area contributed by atoms with Crippen LogP contribution in [0.1, 0.15) is 15.9 Å². The summed E-state index contributed by atoms with van der Waals surface area (Å²) in [6, 6.07) is 9.65. The van der Waals surface area contributed by atoms with E-state index in [4.69, 9.17) is 45.3 Å². The van der Waals surface area contributed by atoms with Gasteiger partial charge in [-0.3, -0.25) is 0 Å². The molecule has 0 aromatic heterocycles. The molecule has 0 unspecified atom stereocenters. The molecule has 2 aromatic carbocycles. The number of esters is 1. The molecule has 0 heterocycles. The number of ether oxygens (including phenoxy) is 1. The van der Waals surface area contributed by atoms with Crippen LogP contribution in [0.15, 0.2) is 36.4 Å². The van der Waals surface area contributed by atoms with Crippen molar-refractivity contribution in [1.29, 1.82) is 0 Å². The molecule has 0 atom stereocenters. The zero-order chi connectivity index (χ0) is 14.7. The third kappa shape index (κ3) is 3.37. The van der Waals surface area contributed by atoms with Gasteiger partial charge in [-0.25, -0.2) is 4.79 Å². The zero-order valence-corrected chi connectivity index (χ0v) is 12.5. The van der Waals surface area contributed by atoms with Gasteiger partial charge in [-0.05, 0) is 30.3 Å². The van der Waals surface area contributed by atoms with Gasteiger partial charge >= 0.3 is 5.97 Å². The van der Waals surface area contributed by atoms with Crippen LogP contribution in [0.2, 0.25) is 15.1 Å². The number of halogens is 3. The lowest BCUT2D eigenvalue weighted by atomic mass is 10.2. The lowest BCUT2D eigenvalue weighted by Gasteiger charge is -2.09. The molecule has 0 aliphatic rings. The Morgan fingerprint density at radius 1 is 1.10 bits per heavy atom. The lowest BCUT2D eigenvalue weighted by molar-refractivity contribution is 0.0474. The Morgan fingerprint density at radius 2 is 1.75 bits per heavy atom. The summed E-state index contributed by atoms with van der Waals surface area (Å²) >= 11 is 17.8. The fourth-order valence-corrected chi connectivity index (χ4v) is 2.27. The molecule has 0 spiro atoms. The summed E-state index contributed by atoms with van der Waals surface area (Å²) in [5.74, 6) is -0.582. The van der Waals surface area contributed by atoms with Crippen molar-refractivity contribution in [2.75, 3.05) is 5.73 Å². The Kier molecular flexibility index (Phi) is 4.76. The Balaban J connectivity index is 2.15. The van der Waals surface area contributed by atoms with Gasteiger partial charge in [0.1, 0.15) is 6.61 Å². The van der Waals surface area contributed by atoms with Crippen molar-refractivity contribution >= 4 is 46.5 Å². The molecular formula is C14H10Cl3NO2. The van der Waals surface area contributed by atoms with Gasteiger partial charge in [0.05, 0.1) is 5.56 Å². The van der Waals surface area contributed by atoms with E-state index in [2.05, 4.69) is 0 Å². The first kappa shape index (κ1) is 15.0. The summed E-state index contributed by atoms with van der Waals surface area (Å²) in [5, 5.41) is 1.27. The smallest absolute Gasteiger partial charge is 0.340 e. The van der Waals surface area contributed by atoms with Gasteiger partial charge in [0.2, 0.25) is 0 Å². The fraction of sp³-hybridized carbons (Fsp3) is 0.0714. The maximum Gasteiger partial charge on any atom is 0.340 e. The van der Waals surface area contributed by atoms with E-state index < -0.39 is 5.97 Å². The zero-order valence-electron chi connectivity index (χ0n) is 10.2. The molecule has 0 bridgehead atoms. The van der Waals surface area contributed by atoms with Gasteiger partial charge in [-0.15, -0.1) is 0 Å². The minimum absolute atomic E-state index is 0.0384. The van der Waals surface area contributed by atoms with Gasteiger partial charge in [0, 0.05) is 26.3 Å². The maximum atomic E-state index is 12.0. The van der Waals surface area contributed by atoms with E-state index in [0.29, 0.717) is 26.3 Å². The minimum Gasteiger partial charge on any atom is -0.457 e. The average molecular weight is 331 g/mol. The van der Waals surface area contributed by atoms with Crippen molar-refractivity contribution in [3.8, 4) is 0 Å². The van der Waals surface area contributed by atoms with Crippen LogP contribution in [0.3, 0.4) is 0 Å². The highest BCUT2D eigenvalue weighted by molar-refractivity contribution is 6.36. The summed E-state index contributed by atoms with van der Waals surface area (Å²) in [7, 11) is 0. The standard InChI is InChI=1S/C14H10Cl3NO2/c15-8-4-5-13(18)9(6-8)14(19)20-7-10-11(16)2-1-3-12(10)17/h1-6H,7,18H2. The Bertz CT molecular complexity index is 639. The average Bonchev–Trinajstić information content (AvgIpc) is 2.40. The third-order valence-electron chi connectivity index (χ3n) is 2.64. The first-order valence-electron chi connectivity index (χ1n) is 5.64. The number of benzene rings is 2. The topological polar surface area (TPSA) is 52.3 Å². The van der Waals surface area contributed by atoms with E-state index in [1.54, 1.807) is 30.3 Å². The predicted molar refractivity (Wildman–Crippen MR) is 81.4 cm³/mol. The van der Waals surface area contributed by atoms with Crippen LogP contribution in [0.5, 0.6) is 0 Å². The molecule has 6 heteroatoms. The van der Waals surface area contributed by atoms with Gasteiger partial charge in [-0.2, -0.15) is 0 Å². The second kappa shape index (κ2) is 6.35. The molecular weight excluding hydrogens is 321 g/mol. The summed E-state index contributed by atoms with van der Waals surface area (Å²) in [6.07, 6.45) is 0. The normalized spacial score (nSPS) is 10.3. The second-order valence-corrected chi connectivity index (χ2v) is 5.26. The number of hydrogen-bond acceptors (Lipinski definition) is 3. The monoisotopic (exact) mass is 329 g/mol. The van der Waals surface area contributed by atoms with Gasteiger partial charge in [-0.1, -0.05) is 40.9 Å². The molecule has 2 rings (SSSR count). The Hall–Kier alpha value is -1.42. The second-order valence-electron chi connectivity index (χ2n) is 4.01. The molecule has 2 aromatic rings. The third-order valence-corrected chi connectivity index (χ3v) is 3.59. The highest BCUT2D eigenvalue weighted by Gasteiger charge is 2.14. The van der Waals surface area contributed by atoms with Crippen molar-refractivity contribution in [2.45, 2.75) is 6.61 Å². The molecule has 2 N–H and O–H groups in total. The molecule has 104 valence electrons. The number of nitrogen functional groups attached to an aromatic ring is 1. The van der Waals surface area contributed by atoms with E-state index in [9.17, 15) is 4.79 Å². The van der Waals surface area contributed by atoms with E-state index in [0.717, 1.165) is 0 Å². The van der Waals surface area contributed by atoms with Crippen LogP contribution in [0.25, 0.3) is 0 Å². The summed E-state index contributed by atoms with van der Waals surface area (Å²) < 4.78 is 5.17. The molecule has 0 saturated carbocycles. The highest BCUT2D eigenvalue weighted by Crippen LogP contribution is 2.26. The fourth-order valence-electron chi connectivity index (χ4n) is 1.59. The molecule has 0 saturated heterocycles. The minimum atomic E-state index is -0.582. The van der Waals surface area contributed by atoms with Gasteiger partial charge in [0.15, 0.2) is 0 Å². The van der Waals surface area contributed by atoms with Crippen LogP contribution in [-0.2, 0) is 11.3 Å². The Labute approximate surface area is 131 Å². The van der Waals surface area contributed by atoms with Crippen molar-refractivity contribution < 1.29 is 9.53 Å². The van der Waals surface area contributed by atoms with Crippen LogP contribution >= 0.6 is 34.8 Å². The Morgan fingerprint density at radius 3 is 2.40 bits per heavy atom. The van der Waals surface area contributed by atoms with Gasteiger partial charge < -0.3 is 10.5 Å². The van der Waals surface area contributed by atoms with Crippen molar-refractivity contribution in [3.63, 3.8) is 0 Å². The molecule has 3 nitrogen and oxygen atoms in total. The molecule has 0 radical (unpaired) electrons. The SMILES string of the molecule is Nc1ccc(Cl)cc1C(=O)OCc1c(Cl)cccc1Cl. The van der Waals surface area contributed by atoms with Crippen LogP contribution in [0.4, 0.5) is 5.69 Å². The molecule has 20 heavy (non-hydrogen) atoms. The molecule has 0 aliphatic heterocycles. The first-order chi connectivity index (χ1) is 9.49. The van der Waals surface area contributed by atoms with Crippen LogP contribution in [0, 0.1) is 0 Å². The summed E-state index contributed by atoms with van der Waals surface area (Å²) in [4.78, 5) is 12.0. The van der Waals surface area contributed by atoms with Crippen LogP contribution < -0.4 is 5.73 Å². The number of rotatable bonds is 3. The molecule has 0 aliphatic carbocycles. The van der Waals surface area contributed by atoms with Gasteiger partial charge in [0.25, 0.3) is 0 Å². The summed E-state index contributed by atoms with van der Waals surface area (Å²) in [6.45, 7) is -0.0384. The van der Waals surface area contributed by atoms with Crippen molar-refractivity contribution in [3.05, 3.63) is 62.6 Å². The van der Waals surface area contributed by atoms with Crippen molar-refractivity contribution in [2.24, 2.45) is 0 Å². The highest BCUT2D eigenvalue weighted by atomic mass is 35.5. The first-order valence-corrected chi connectivity index (χ1v) is 6.77. The number of carbonyl (C=O) groups is 1. The largest absolute Gasteiger partial charge is 0.457 e. The van der Waals surface area contributed by atoms with E-state index >= 15 is 0 Å². The lowest BCUT2D eigenvalue weighted by Crippen LogP contribution is -2.08. The maximum absolute atomic E-state index is 12.0. The predicted octanol–water partition coefficient (Wildman–Crippen LogP) is 4.59. The van der Waals surface area contributed by atoms with E-state index in [1.807, 2.05) is 0 Å². The quantitative estimate of drug-likeness (QED) is 0.661. The molecule has 0 fully saturated rings. The van der Waals surface area contributed by atoms with Crippen molar-refractivity contribution in [1.82, 2.24) is 0 Å². The number of hydrogen-bond donors (Lipinski definition) is 1. The van der Waals surface area contributed by atoms with E-state index in [1.165, 1.54) is 6.07 Å². The van der Waals surface area contributed by atoms with E-state index in [-0.39, 0.29) is 12.2 Å². The number of nitrogens with two attached hydrogens (primary N) is 1.